The van der Waals surface area contributed by atoms with Crippen LogP contribution in [0.2, 0.25) is 0 Å². The molecule has 0 aliphatic heterocycles. The third-order valence-electron chi connectivity index (χ3n) is 3.89. The van der Waals surface area contributed by atoms with Crippen LogP contribution in [0, 0.1) is 17.2 Å². The third-order valence-corrected chi connectivity index (χ3v) is 3.89. The summed E-state index contributed by atoms with van der Waals surface area (Å²) in [5.74, 6) is 1.63. The Balaban J connectivity index is 1.87. The smallest absolute Gasteiger partial charge is 0.174 e. The second-order valence-corrected chi connectivity index (χ2v) is 5.25. The predicted octanol–water partition coefficient (Wildman–Crippen LogP) is 3.97. The standard InChI is InChI=1S/C16H22N2O/c1-2-13-4-3-5-15(12-13)18-14-6-8-16(9-7-14)19-11-10-17/h6-9,13,15,18H,2-5,11-12H2,1H3. The first-order valence-corrected chi connectivity index (χ1v) is 7.18. The molecule has 1 saturated carbocycles. The minimum atomic E-state index is 0.105. The third kappa shape index (κ3) is 4.17. The Morgan fingerprint density at radius 2 is 2.11 bits per heavy atom. The van der Waals surface area contributed by atoms with Crippen LogP contribution in [-0.2, 0) is 0 Å². The zero-order valence-corrected chi connectivity index (χ0v) is 11.6. The highest BCUT2D eigenvalue weighted by molar-refractivity contribution is 5.47. The summed E-state index contributed by atoms with van der Waals surface area (Å²) in [6.07, 6.45) is 6.56. The molecular weight excluding hydrogens is 236 g/mol. The van der Waals surface area contributed by atoms with Gasteiger partial charge in [-0.2, -0.15) is 5.26 Å². The summed E-state index contributed by atoms with van der Waals surface area (Å²) < 4.78 is 5.25. The number of rotatable bonds is 5. The molecule has 1 aromatic carbocycles. The summed E-state index contributed by atoms with van der Waals surface area (Å²) in [7, 11) is 0. The molecule has 0 heterocycles. The summed E-state index contributed by atoms with van der Waals surface area (Å²) in [6.45, 7) is 2.39. The van der Waals surface area contributed by atoms with E-state index in [-0.39, 0.29) is 6.61 Å². The molecule has 2 atom stereocenters. The van der Waals surface area contributed by atoms with Crippen molar-refractivity contribution in [2.24, 2.45) is 5.92 Å². The fourth-order valence-corrected chi connectivity index (χ4v) is 2.79. The summed E-state index contributed by atoms with van der Waals surface area (Å²) >= 11 is 0. The van der Waals surface area contributed by atoms with E-state index in [0.29, 0.717) is 6.04 Å². The van der Waals surface area contributed by atoms with Gasteiger partial charge in [0.05, 0.1) is 0 Å². The van der Waals surface area contributed by atoms with Gasteiger partial charge in [0.1, 0.15) is 11.8 Å². The van der Waals surface area contributed by atoms with Crippen molar-refractivity contribution >= 4 is 5.69 Å². The molecule has 19 heavy (non-hydrogen) atoms. The van der Waals surface area contributed by atoms with Gasteiger partial charge >= 0.3 is 0 Å². The molecule has 1 aromatic rings. The lowest BCUT2D eigenvalue weighted by molar-refractivity contribution is 0.327. The summed E-state index contributed by atoms with van der Waals surface area (Å²) in [5, 5.41) is 12.1. The maximum atomic E-state index is 8.46. The van der Waals surface area contributed by atoms with Crippen LogP contribution >= 0.6 is 0 Å². The maximum absolute atomic E-state index is 8.46. The molecule has 2 unspecified atom stereocenters. The van der Waals surface area contributed by atoms with Gasteiger partial charge in [0.25, 0.3) is 0 Å². The molecule has 2 rings (SSSR count). The van der Waals surface area contributed by atoms with E-state index in [4.69, 9.17) is 10.00 Å². The highest BCUT2D eigenvalue weighted by Crippen LogP contribution is 2.29. The number of benzene rings is 1. The van der Waals surface area contributed by atoms with Crippen LogP contribution in [0.3, 0.4) is 0 Å². The fourth-order valence-electron chi connectivity index (χ4n) is 2.79. The molecule has 102 valence electrons. The first-order valence-electron chi connectivity index (χ1n) is 7.18. The predicted molar refractivity (Wildman–Crippen MR) is 77.2 cm³/mol. The number of hydrogen-bond donors (Lipinski definition) is 1. The van der Waals surface area contributed by atoms with E-state index < -0.39 is 0 Å². The van der Waals surface area contributed by atoms with Gasteiger partial charge in [-0.05, 0) is 43.0 Å². The van der Waals surface area contributed by atoms with Crippen molar-refractivity contribution in [3.63, 3.8) is 0 Å². The van der Waals surface area contributed by atoms with E-state index >= 15 is 0 Å². The van der Waals surface area contributed by atoms with Crippen molar-refractivity contribution in [1.29, 1.82) is 5.26 Å². The van der Waals surface area contributed by atoms with Gasteiger partial charge in [0.15, 0.2) is 6.61 Å². The van der Waals surface area contributed by atoms with E-state index in [9.17, 15) is 0 Å². The van der Waals surface area contributed by atoms with Gasteiger partial charge in [-0.3, -0.25) is 0 Å². The molecular formula is C16H22N2O. The molecule has 0 radical (unpaired) electrons. The van der Waals surface area contributed by atoms with Crippen molar-refractivity contribution < 1.29 is 4.74 Å². The number of nitrogens with one attached hydrogen (secondary N) is 1. The molecule has 0 saturated heterocycles. The van der Waals surface area contributed by atoms with Crippen molar-refractivity contribution in [2.75, 3.05) is 11.9 Å². The summed E-state index contributed by atoms with van der Waals surface area (Å²) in [4.78, 5) is 0. The van der Waals surface area contributed by atoms with E-state index in [1.165, 1.54) is 32.1 Å². The zero-order valence-electron chi connectivity index (χ0n) is 11.6. The fraction of sp³-hybridized carbons (Fsp3) is 0.562. The topological polar surface area (TPSA) is 45.0 Å². The average molecular weight is 258 g/mol. The Labute approximate surface area is 115 Å². The molecule has 0 spiro atoms. The van der Waals surface area contributed by atoms with Gasteiger partial charge in [-0.1, -0.05) is 26.2 Å². The van der Waals surface area contributed by atoms with Crippen molar-refractivity contribution in [1.82, 2.24) is 0 Å². The lowest BCUT2D eigenvalue weighted by Gasteiger charge is -2.29. The van der Waals surface area contributed by atoms with Crippen LogP contribution < -0.4 is 10.1 Å². The van der Waals surface area contributed by atoms with E-state index in [1.807, 2.05) is 30.3 Å². The number of nitrogens with zero attached hydrogens (tertiary/aromatic N) is 1. The highest BCUT2D eigenvalue weighted by atomic mass is 16.5. The van der Waals surface area contributed by atoms with Crippen LogP contribution in [0.25, 0.3) is 0 Å². The Bertz CT molecular complexity index is 421. The largest absolute Gasteiger partial charge is 0.479 e. The molecule has 0 aromatic heterocycles. The lowest BCUT2D eigenvalue weighted by Crippen LogP contribution is -2.26. The molecule has 3 nitrogen and oxygen atoms in total. The second kappa shape index (κ2) is 7.04. The Morgan fingerprint density at radius 1 is 1.32 bits per heavy atom. The quantitative estimate of drug-likeness (QED) is 0.869. The van der Waals surface area contributed by atoms with Crippen LogP contribution in [0.4, 0.5) is 5.69 Å². The maximum Gasteiger partial charge on any atom is 0.174 e. The number of ether oxygens (including phenoxy) is 1. The number of nitriles is 1. The van der Waals surface area contributed by atoms with Crippen molar-refractivity contribution in [3.8, 4) is 11.8 Å². The van der Waals surface area contributed by atoms with Gasteiger partial charge in [0.2, 0.25) is 0 Å². The molecule has 0 amide bonds. The highest BCUT2D eigenvalue weighted by Gasteiger charge is 2.20. The van der Waals surface area contributed by atoms with E-state index in [0.717, 1.165) is 17.4 Å². The number of anilines is 1. The molecule has 1 aliphatic rings. The molecule has 3 heteroatoms. The van der Waals surface area contributed by atoms with Gasteiger partial charge in [-0.15, -0.1) is 0 Å². The van der Waals surface area contributed by atoms with Crippen LogP contribution in [0.5, 0.6) is 5.75 Å². The average Bonchev–Trinajstić information content (AvgIpc) is 2.47. The Morgan fingerprint density at radius 3 is 2.79 bits per heavy atom. The van der Waals surface area contributed by atoms with Crippen LogP contribution in [0.15, 0.2) is 24.3 Å². The molecule has 0 bridgehead atoms. The summed E-state index contributed by atoms with van der Waals surface area (Å²) in [5.41, 5.74) is 1.14. The van der Waals surface area contributed by atoms with E-state index in [2.05, 4.69) is 12.2 Å². The normalized spacial score (nSPS) is 22.5. The SMILES string of the molecule is CCC1CCCC(Nc2ccc(OCC#N)cc2)C1. The van der Waals surface area contributed by atoms with E-state index in [1.54, 1.807) is 0 Å². The van der Waals surface area contributed by atoms with Gasteiger partial charge in [0, 0.05) is 11.7 Å². The number of hydrogen-bond acceptors (Lipinski definition) is 3. The molecule has 1 fully saturated rings. The summed E-state index contributed by atoms with van der Waals surface area (Å²) in [6, 6.07) is 10.5. The Hall–Kier alpha value is -1.69. The monoisotopic (exact) mass is 258 g/mol. The second-order valence-electron chi connectivity index (χ2n) is 5.25. The molecule has 1 N–H and O–H groups in total. The van der Waals surface area contributed by atoms with Gasteiger partial charge in [-0.25, -0.2) is 0 Å². The Kier molecular flexibility index (Phi) is 5.09. The first-order chi connectivity index (χ1) is 9.31. The zero-order chi connectivity index (χ0) is 13.5. The lowest BCUT2D eigenvalue weighted by atomic mass is 9.84. The van der Waals surface area contributed by atoms with Crippen molar-refractivity contribution in [3.05, 3.63) is 24.3 Å². The minimum Gasteiger partial charge on any atom is -0.479 e. The minimum absolute atomic E-state index is 0.105. The molecule has 1 aliphatic carbocycles. The van der Waals surface area contributed by atoms with Gasteiger partial charge < -0.3 is 10.1 Å². The first kappa shape index (κ1) is 13.7. The van der Waals surface area contributed by atoms with Crippen LogP contribution in [0.1, 0.15) is 39.0 Å². The van der Waals surface area contributed by atoms with Crippen molar-refractivity contribution in [2.45, 2.75) is 45.1 Å². The van der Waals surface area contributed by atoms with Crippen LogP contribution in [-0.4, -0.2) is 12.6 Å².